The van der Waals surface area contributed by atoms with Crippen LogP contribution < -0.4 is 14.9 Å². The average molecular weight is 328 g/mol. The van der Waals surface area contributed by atoms with Crippen LogP contribution >= 0.6 is 0 Å². The second-order valence-electron chi connectivity index (χ2n) is 5.25. The van der Waals surface area contributed by atoms with Gasteiger partial charge in [0.15, 0.2) is 18.1 Å². The minimum absolute atomic E-state index is 0.0375. The molecule has 0 unspecified atom stereocenters. The predicted molar refractivity (Wildman–Crippen MR) is 91.8 cm³/mol. The molecule has 6 heteroatoms. The molecule has 0 radical (unpaired) electrons. The van der Waals surface area contributed by atoms with Gasteiger partial charge in [-0.05, 0) is 37.6 Å². The third-order valence-corrected chi connectivity index (χ3v) is 3.33. The maximum atomic E-state index is 11.8. The molecule has 0 saturated carbocycles. The number of phenols is 1. The van der Waals surface area contributed by atoms with Gasteiger partial charge in [-0.15, -0.1) is 0 Å². The van der Waals surface area contributed by atoms with E-state index in [4.69, 9.17) is 9.47 Å². The molecule has 6 nitrogen and oxygen atoms in total. The summed E-state index contributed by atoms with van der Waals surface area (Å²) < 4.78 is 10.5. The lowest BCUT2D eigenvalue weighted by Gasteiger charge is -2.08. The summed E-state index contributed by atoms with van der Waals surface area (Å²) in [5, 5.41) is 13.7. The van der Waals surface area contributed by atoms with Crippen molar-refractivity contribution in [3.05, 3.63) is 53.1 Å². The lowest BCUT2D eigenvalue weighted by molar-refractivity contribution is -0.123. The summed E-state index contributed by atoms with van der Waals surface area (Å²) in [5.74, 6) is 0.562. The fourth-order valence-electron chi connectivity index (χ4n) is 2.12. The number of phenolic OH excluding ortho intramolecular Hbond substituents is 1. The molecule has 2 N–H and O–H groups in total. The first kappa shape index (κ1) is 17.3. The Bertz CT molecular complexity index is 757. The van der Waals surface area contributed by atoms with E-state index in [1.165, 1.54) is 13.3 Å². The number of hydrogen-bond acceptors (Lipinski definition) is 5. The van der Waals surface area contributed by atoms with Crippen LogP contribution in [0.4, 0.5) is 0 Å². The molecule has 0 fully saturated rings. The van der Waals surface area contributed by atoms with Crippen LogP contribution in [0, 0.1) is 13.8 Å². The zero-order valence-corrected chi connectivity index (χ0v) is 13.9. The zero-order chi connectivity index (χ0) is 17.5. The molecule has 2 aromatic carbocycles. The van der Waals surface area contributed by atoms with Gasteiger partial charge in [0.1, 0.15) is 5.75 Å². The number of methoxy groups -OCH3 is 1. The van der Waals surface area contributed by atoms with Crippen molar-refractivity contribution >= 4 is 12.1 Å². The number of hydrazone groups is 1. The van der Waals surface area contributed by atoms with E-state index in [0.29, 0.717) is 17.1 Å². The highest BCUT2D eigenvalue weighted by Gasteiger charge is 2.06. The molecule has 0 aliphatic heterocycles. The molecule has 2 rings (SSSR count). The van der Waals surface area contributed by atoms with Crippen LogP contribution in [0.1, 0.15) is 16.7 Å². The van der Waals surface area contributed by atoms with Gasteiger partial charge < -0.3 is 14.6 Å². The summed E-state index contributed by atoms with van der Waals surface area (Å²) in [6.07, 6.45) is 1.34. The number of amides is 1. The number of rotatable bonds is 6. The summed E-state index contributed by atoms with van der Waals surface area (Å²) in [6.45, 7) is 3.77. The molecule has 0 heterocycles. The molecular formula is C18H20N2O4. The summed E-state index contributed by atoms with van der Waals surface area (Å²) in [6, 6.07) is 10.7. The fourth-order valence-corrected chi connectivity index (χ4v) is 2.12. The van der Waals surface area contributed by atoms with Crippen molar-refractivity contribution in [1.82, 2.24) is 5.43 Å². The van der Waals surface area contributed by atoms with Gasteiger partial charge in [-0.2, -0.15) is 5.10 Å². The molecule has 0 atom stereocenters. The number of benzene rings is 2. The first-order valence-electron chi connectivity index (χ1n) is 7.39. The average Bonchev–Trinajstić information content (AvgIpc) is 2.55. The number of ether oxygens (including phenoxy) is 2. The number of carbonyl (C=O) groups excluding carboxylic acids is 1. The molecular weight excluding hydrogens is 308 g/mol. The topological polar surface area (TPSA) is 80.2 Å². The largest absolute Gasteiger partial charge is 0.504 e. The minimum atomic E-state index is -0.395. The van der Waals surface area contributed by atoms with Crippen molar-refractivity contribution in [1.29, 1.82) is 0 Å². The van der Waals surface area contributed by atoms with E-state index in [-0.39, 0.29) is 12.4 Å². The Morgan fingerprint density at radius 3 is 2.75 bits per heavy atom. The number of carbonyl (C=O) groups is 1. The molecule has 126 valence electrons. The Kier molecular flexibility index (Phi) is 5.78. The molecule has 0 aliphatic rings. The van der Waals surface area contributed by atoms with Crippen molar-refractivity contribution in [2.45, 2.75) is 13.8 Å². The second kappa shape index (κ2) is 8.01. The van der Waals surface area contributed by atoms with Crippen molar-refractivity contribution < 1.29 is 19.4 Å². The standard InChI is InChI=1S/C18H20N2O4/c1-12-7-8-15(13(2)9-12)24-11-17(21)20-19-10-14-5-4-6-16(23-3)18(14)22/h4-10,22H,11H2,1-3H3,(H,20,21)/b19-10-. The monoisotopic (exact) mass is 328 g/mol. The van der Waals surface area contributed by atoms with Crippen molar-refractivity contribution in [2.75, 3.05) is 13.7 Å². The third kappa shape index (κ3) is 4.49. The summed E-state index contributed by atoms with van der Waals surface area (Å²) in [5.41, 5.74) is 4.88. The van der Waals surface area contributed by atoms with Crippen LogP contribution in [0.15, 0.2) is 41.5 Å². The Labute approximate surface area is 140 Å². The van der Waals surface area contributed by atoms with Crippen LogP contribution in [0.5, 0.6) is 17.2 Å². The van der Waals surface area contributed by atoms with Crippen LogP contribution in [0.2, 0.25) is 0 Å². The lowest BCUT2D eigenvalue weighted by atomic mass is 10.1. The number of aromatic hydroxyl groups is 1. The second-order valence-corrected chi connectivity index (χ2v) is 5.25. The normalized spacial score (nSPS) is 10.6. The lowest BCUT2D eigenvalue weighted by Crippen LogP contribution is -2.24. The summed E-state index contributed by atoms with van der Waals surface area (Å²) in [7, 11) is 1.46. The zero-order valence-electron chi connectivity index (χ0n) is 13.9. The van der Waals surface area contributed by atoms with E-state index in [9.17, 15) is 9.90 Å². The highest BCUT2D eigenvalue weighted by molar-refractivity contribution is 5.86. The molecule has 2 aromatic rings. The Morgan fingerprint density at radius 2 is 2.04 bits per heavy atom. The molecule has 1 amide bonds. The Balaban J connectivity index is 1.89. The van der Waals surface area contributed by atoms with Crippen LogP contribution in [0.3, 0.4) is 0 Å². The van der Waals surface area contributed by atoms with E-state index in [2.05, 4.69) is 10.5 Å². The molecule has 0 aromatic heterocycles. The maximum Gasteiger partial charge on any atom is 0.277 e. The van der Waals surface area contributed by atoms with Crippen LogP contribution in [-0.4, -0.2) is 30.9 Å². The smallest absolute Gasteiger partial charge is 0.277 e. The molecule has 0 saturated heterocycles. The summed E-state index contributed by atoms with van der Waals surface area (Å²) >= 11 is 0. The number of nitrogens with zero attached hydrogens (tertiary/aromatic N) is 1. The van der Waals surface area contributed by atoms with Crippen LogP contribution in [0.25, 0.3) is 0 Å². The van der Waals surface area contributed by atoms with Crippen molar-refractivity contribution in [3.8, 4) is 17.2 Å². The molecule has 0 aliphatic carbocycles. The highest BCUT2D eigenvalue weighted by atomic mass is 16.5. The molecule has 0 spiro atoms. The van der Waals surface area contributed by atoms with Gasteiger partial charge in [0.2, 0.25) is 0 Å². The van der Waals surface area contributed by atoms with Gasteiger partial charge in [-0.3, -0.25) is 4.79 Å². The SMILES string of the molecule is COc1cccc(/C=N\NC(=O)COc2ccc(C)cc2C)c1O. The van der Waals surface area contributed by atoms with Gasteiger partial charge in [0, 0.05) is 5.56 Å². The van der Waals surface area contributed by atoms with Gasteiger partial charge in [0.05, 0.1) is 13.3 Å². The van der Waals surface area contributed by atoms with Crippen molar-refractivity contribution in [2.24, 2.45) is 5.10 Å². The van der Waals surface area contributed by atoms with E-state index >= 15 is 0 Å². The number of aryl methyl sites for hydroxylation is 2. The van der Waals surface area contributed by atoms with Gasteiger partial charge >= 0.3 is 0 Å². The van der Waals surface area contributed by atoms with Gasteiger partial charge in [0.25, 0.3) is 5.91 Å². The van der Waals surface area contributed by atoms with E-state index in [1.807, 2.05) is 32.0 Å². The third-order valence-electron chi connectivity index (χ3n) is 3.33. The first-order chi connectivity index (χ1) is 11.5. The fraction of sp³-hybridized carbons (Fsp3) is 0.222. The van der Waals surface area contributed by atoms with E-state index < -0.39 is 5.91 Å². The van der Waals surface area contributed by atoms with E-state index in [1.54, 1.807) is 18.2 Å². The van der Waals surface area contributed by atoms with Crippen LogP contribution in [-0.2, 0) is 4.79 Å². The minimum Gasteiger partial charge on any atom is -0.504 e. The Hall–Kier alpha value is -3.02. The quantitative estimate of drug-likeness (QED) is 0.631. The van der Waals surface area contributed by atoms with Gasteiger partial charge in [-0.1, -0.05) is 23.8 Å². The number of nitrogens with one attached hydrogen (secondary N) is 1. The predicted octanol–water partition coefficient (Wildman–Crippen LogP) is 2.55. The maximum absolute atomic E-state index is 11.8. The molecule has 24 heavy (non-hydrogen) atoms. The van der Waals surface area contributed by atoms with E-state index in [0.717, 1.165) is 11.1 Å². The first-order valence-corrected chi connectivity index (χ1v) is 7.39. The number of hydrogen-bond donors (Lipinski definition) is 2. The van der Waals surface area contributed by atoms with Gasteiger partial charge in [-0.25, -0.2) is 5.43 Å². The molecule has 0 bridgehead atoms. The highest BCUT2D eigenvalue weighted by Crippen LogP contribution is 2.27. The number of para-hydroxylation sites is 1. The summed E-state index contributed by atoms with van der Waals surface area (Å²) in [4.78, 5) is 11.8. The Morgan fingerprint density at radius 1 is 1.25 bits per heavy atom. The van der Waals surface area contributed by atoms with Crippen molar-refractivity contribution in [3.63, 3.8) is 0 Å².